The second-order valence-corrected chi connectivity index (χ2v) is 8.25. The van der Waals surface area contributed by atoms with E-state index >= 15 is 0 Å². The maximum Gasteiger partial charge on any atom is 0.416 e. The summed E-state index contributed by atoms with van der Waals surface area (Å²) in [5.41, 5.74) is -1.31. The van der Waals surface area contributed by atoms with Crippen LogP contribution in [0.25, 0.3) is 0 Å². The van der Waals surface area contributed by atoms with Gasteiger partial charge in [-0.25, -0.2) is 13.1 Å². The summed E-state index contributed by atoms with van der Waals surface area (Å²) in [6.45, 7) is 3.30. The van der Waals surface area contributed by atoms with Crippen molar-refractivity contribution in [3.63, 3.8) is 0 Å². The van der Waals surface area contributed by atoms with Gasteiger partial charge in [0.15, 0.2) is 0 Å². The van der Waals surface area contributed by atoms with E-state index in [0.29, 0.717) is 12.7 Å². The highest BCUT2D eigenvalue weighted by molar-refractivity contribution is 7.89. The summed E-state index contributed by atoms with van der Waals surface area (Å²) in [7, 11) is -2.49. The molecule has 0 spiro atoms. The van der Waals surface area contributed by atoms with Crippen LogP contribution in [-0.2, 0) is 20.9 Å². The Morgan fingerprint density at radius 1 is 1.28 bits per heavy atom. The Kier molecular flexibility index (Phi) is 6.13. The van der Waals surface area contributed by atoms with Gasteiger partial charge in [-0.05, 0) is 50.6 Å². The van der Waals surface area contributed by atoms with Crippen molar-refractivity contribution in [2.45, 2.75) is 30.8 Å². The Bertz CT molecular complexity index is 694. The normalized spacial score (nSPS) is 18.3. The molecule has 1 fully saturated rings. The highest BCUT2D eigenvalue weighted by atomic mass is 32.2. The number of nitrogens with one attached hydrogen (secondary N) is 2. The van der Waals surface area contributed by atoms with E-state index in [1.54, 1.807) is 7.11 Å². The van der Waals surface area contributed by atoms with Gasteiger partial charge in [0.25, 0.3) is 0 Å². The van der Waals surface area contributed by atoms with Crippen molar-refractivity contribution >= 4 is 10.0 Å². The van der Waals surface area contributed by atoms with E-state index in [0.717, 1.165) is 25.9 Å². The number of ether oxygens (including phenoxy) is 1. The average Bonchev–Trinajstić information content (AvgIpc) is 2.53. The van der Waals surface area contributed by atoms with E-state index in [4.69, 9.17) is 4.74 Å². The van der Waals surface area contributed by atoms with Gasteiger partial charge in [-0.15, -0.1) is 0 Å². The fourth-order valence-electron chi connectivity index (χ4n) is 3.04. The Morgan fingerprint density at radius 2 is 1.92 bits per heavy atom. The highest BCUT2D eigenvalue weighted by Crippen LogP contribution is 2.33. The zero-order valence-electron chi connectivity index (χ0n) is 14.2. The minimum Gasteiger partial charge on any atom is -0.384 e. The van der Waals surface area contributed by atoms with Crippen LogP contribution in [0.15, 0.2) is 23.1 Å². The molecule has 2 N–H and O–H groups in total. The molecule has 1 aromatic carbocycles. The minimum absolute atomic E-state index is 0.0133. The van der Waals surface area contributed by atoms with E-state index in [1.165, 1.54) is 19.1 Å². The molecule has 0 atom stereocenters. The lowest BCUT2D eigenvalue weighted by Crippen LogP contribution is -2.47. The van der Waals surface area contributed by atoms with Gasteiger partial charge in [-0.2, -0.15) is 13.2 Å². The molecule has 1 aliphatic rings. The number of rotatable bonds is 6. The minimum atomic E-state index is -4.60. The summed E-state index contributed by atoms with van der Waals surface area (Å²) >= 11 is 0. The second kappa shape index (κ2) is 7.61. The molecule has 5 nitrogen and oxygen atoms in total. The van der Waals surface area contributed by atoms with Crippen LogP contribution in [0, 0.1) is 12.3 Å². The van der Waals surface area contributed by atoms with E-state index in [2.05, 4.69) is 10.0 Å². The number of alkyl halides is 3. The lowest BCUT2D eigenvalue weighted by atomic mass is 9.80. The molecular formula is C16H23F3N2O3S. The van der Waals surface area contributed by atoms with Gasteiger partial charge in [0, 0.05) is 19.1 Å². The third-order valence-corrected chi connectivity index (χ3v) is 5.98. The van der Waals surface area contributed by atoms with Crippen LogP contribution in [-0.4, -0.2) is 41.8 Å². The summed E-state index contributed by atoms with van der Waals surface area (Å²) in [6.07, 6.45) is -3.14. The quantitative estimate of drug-likeness (QED) is 0.795. The predicted molar refractivity (Wildman–Crippen MR) is 87.8 cm³/mol. The summed E-state index contributed by atoms with van der Waals surface area (Å²) in [4.78, 5) is -0.382. The average molecular weight is 380 g/mol. The molecule has 0 amide bonds. The van der Waals surface area contributed by atoms with Crippen molar-refractivity contribution in [2.24, 2.45) is 5.41 Å². The molecule has 1 aliphatic heterocycles. The first-order valence-electron chi connectivity index (χ1n) is 7.97. The van der Waals surface area contributed by atoms with Crippen LogP contribution < -0.4 is 10.0 Å². The van der Waals surface area contributed by atoms with E-state index in [9.17, 15) is 21.6 Å². The number of halogens is 3. The Morgan fingerprint density at radius 3 is 2.48 bits per heavy atom. The molecule has 1 heterocycles. The van der Waals surface area contributed by atoms with Gasteiger partial charge < -0.3 is 10.1 Å². The van der Waals surface area contributed by atoms with Gasteiger partial charge in [-0.3, -0.25) is 0 Å². The molecule has 9 heteroatoms. The van der Waals surface area contributed by atoms with Crippen LogP contribution in [0.2, 0.25) is 0 Å². The lowest BCUT2D eigenvalue weighted by molar-refractivity contribution is -0.138. The molecule has 0 aromatic heterocycles. The third-order valence-electron chi connectivity index (χ3n) is 4.58. The van der Waals surface area contributed by atoms with Crippen molar-refractivity contribution < 1.29 is 26.3 Å². The Balaban J connectivity index is 2.21. The first-order valence-corrected chi connectivity index (χ1v) is 9.45. The molecule has 2 rings (SSSR count). The van der Waals surface area contributed by atoms with Crippen molar-refractivity contribution in [1.29, 1.82) is 0 Å². The molecule has 142 valence electrons. The van der Waals surface area contributed by atoms with Crippen LogP contribution in [0.4, 0.5) is 13.2 Å². The second-order valence-electron chi connectivity index (χ2n) is 6.48. The molecule has 25 heavy (non-hydrogen) atoms. The SMILES string of the molecule is COCC1(CNS(=O)(=O)c2ccc(C)c(C(F)(F)F)c2)CCNCC1. The Labute approximate surface area is 146 Å². The first kappa shape index (κ1) is 20.2. The monoisotopic (exact) mass is 380 g/mol. The maximum absolute atomic E-state index is 13.0. The molecule has 0 saturated carbocycles. The third kappa shape index (κ3) is 4.93. The molecule has 0 unspecified atom stereocenters. The van der Waals surface area contributed by atoms with Crippen LogP contribution in [0.1, 0.15) is 24.0 Å². The van der Waals surface area contributed by atoms with Gasteiger partial charge in [-0.1, -0.05) is 6.07 Å². The summed E-state index contributed by atoms with van der Waals surface area (Å²) < 4.78 is 71.7. The standard InChI is InChI=1S/C16H23F3N2O3S/c1-12-3-4-13(9-14(12)16(17,18)19)25(22,23)21-10-15(11-24-2)5-7-20-8-6-15/h3-4,9,20-21H,5-8,10-11H2,1-2H3. The molecule has 0 radical (unpaired) electrons. The topological polar surface area (TPSA) is 67.4 Å². The van der Waals surface area contributed by atoms with Gasteiger partial charge in [0.1, 0.15) is 0 Å². The molecular weight excluding hydrogens is 357 g/mol. The van der Waals surface area contributed by atoms with Gasteiger partial charge in [0.2, 0.25) is 10.0 Å². The number of piperidine rings is 1. The molecule has 1 saturated heterocycles. The summed E-state index contributed by atoms with van der Waals surface area (Å²) in [5.74, 6) is 0. The van der Waals surface area contributed by atoms with Crippen LogP contribution in [0.5, 0.6) is 0 Å². The number of hydrogen-bond donors (Lipinski definition) is 2. The smallest absolute Gasteiger partial charge is 0.384 e. The molecule has 1 aromatic rings. The van der Waals surface area contributed by atoms with Crippen molar-refractivity contribution in [3.8, 4) is 0 Å². The number of hydrogen-bond acceptors (Lipinski definition) is 4. The molecule has 0 aliphatic carbocycles. The maximum atomic E-state index is 13.0. The Hall–Kier alpha value is -1.16. The predicted octanol–water partition coefficient (Wildman–Crippen LogP) is 2.31. The van der Waals surface area contributed by atoms with Gasteiger partial charge in [0.05, 0.1) is 17.1 Å². The fraction of sp³-hybridized carbons (Fsp3) is 0.625. The largest absolute Gasteiger partial charge is 0.416 e. The van der Waals surface area contributed by atoms with Crippen molar-refractivity contribution in [1.82, 2.24) is 10.0 Å². The lowest BCUT2D eigenvalue weighted by Gasteiger charge is -2.37. The zero-order valence-corrected chi connectivity index (χ0v) is 15.1. The van der Waals surface area contributed by atoms with Gasteiger partial charge >= 0.3 is 6.18 Å². The number of methoxy groups -OCH3 is 1. The summed E-state index contributed by atoms with van der Waals surface area (Å²) in [6, 6.07) is 3.05. The first-order chi connectivity index (χ1) is 11.6. The fourth-order valence-corrected chi connectivity index (χ4v) is 4.22. The summed E-state index contributed by atoms with van der Waals surface area (Å²) in [5, 5.41) is 3.20. The molecule has 0 bridgehead atoms. The van der Waals surface area contributed by atoms with Crippen LogP contribution in [0.3, 0.4) is 0 Å². The number of benzene rings is 1. The van der Waals surface area contributed by atoms with Crippen molar-refractivity contribution in [3.05, 3.63) is 29.3 Å². The van der Waals surface area contributed by atoms with E-state index in [-0.39, 0.29) is 22.4 Å². The van der Waals surface area contributed by atoms with E-state index < -0.39 is 21.8 Å². The van der Waals surface area contributed by atoms with Crippen LogP contribution >= 0.6 is 0 Å². The highest BCUT2D eigenvalue weighted by Gasteiger charge is 2.35. The van der Waals surface area contributed by atoms with E-state index in [1.807, 2.05) is 0 Å². The van der Waals surface area contributed by atoms with Crippen molar-refractivity contribution in [2.75, 3.05) is 33.4 Å². The number of sulfonamides is 1. The number of aryl methyl sites for hydroxylation is 1. The zero-order chi connectivity index (χ0) is 18.7.